The highest BCUT2D eigenvalue weighted by atomic mass is 16.5. The smallest absolute Gasteiger partial charge is 0.330 e. The van der Waals surface area contributed by atoms with Crippen molar-refractivity contribution in [1.82, 2.24) is 14.5 Å². The van der Waals surface area contributed by atoms with Gasteiger partial charge in [0.1, 0.15) is 0 Å². The second-order valence-corrected chi connectivity index (χ2v) is 4.01. The predicted molar refractivity (Wildman–Crippen MR) is 65.3 cm³/mol. The summed E-state index contributed by atoms with van der Waals surface area (Å²) in [6, 6.07) is 1.59. The zero-order valence-corrected chi connectivity index (χ0v) is 10.5. The van der Waals surface area contributed by atoms with E-state index in [1.54, 1.807) is 14.2 Å². The van der Waals surface area contributed by atoms with Crippen molar-refractivity contribution in [3.63, 3.8) is 0 Å². The van der Waals surface area contributed by atoms with E-state index in [0.29, 0.717) is 19.7 Å². The van der Waals surface area contributed by atoms with E-state index in [0.717, 1.165) is 0 Å². The van der Waals surface area contributed by atoms with E-state index >= 15 is 0 Å². The van der Waals surface area contributed by atoms with E-state index in [4.69, 9.17) is 4.74 Å². The minimum Gasteiger partial charge on any atom is -0.383 e. The molecule has 0 aliphatic carbocycles. The summed E-state index contributed by atoms with van der Waals surface area (Å²) in [5.74, 6) is 0. The number of ether oxygens (including phenoxy) is 1. The Morgan fingerprint density at radius 1 is 1.47 bits per heavy atom. The Bertz CT molecular complexity index is 464. The molecule has 1 atom stereocenters. The fourth-order valence-electron chi connectivity index (χ4n) is 1.55. The number of methoxy groups -OCH3 is 1. The van der Waals surface area contributed by atoms with Crippen LogP contribution in [-0.4, -0.2) is 35.4 Å². The number of rotatable bonds is 6. The molecule has 1 rings (SSSR count). The molecular formula is C11H19N3O3. The Morgan fingerprint density at radius 3 is 2.82 bits per heavy atom. The molecule has 0 saturated heterocycles. The van der Waals surface area contributed by atoms with Crippen LogP contribution in [0.2, 0.25) is 0 Å². The summed E-state index contributed by atoms with van der Waals surface area (Å²) < 4.78 is 7.58. The van der Waals surface area contributed by atoms with Crippen LogP contribution in [0.1, 0.15) is 6.92 Å². The second-order valence-electron chi connectivity index (χ2n) is 4.01. The highest BCUT2D eigenvalue weighted by Gasteiger charge is 2.04. The van der Waals surface area contributed by atoms with Gasteiger partial charge in [-0.05, 0) is 6.92 Å². The number of hydrogen-bond acceptors (Lipinski definition) is 4. The van der Waals surface area contributed by atoms with Crippen molar-refractivity contribution in [2.24, 2.45) is 7.05 Å². The Hall–Kier alpha value is -1.40. The van der Waals surface area contributed by atoms with Gasteiger partial charge in [-0.3, -0.25) is 9.36 Å². The summed E-state index contributed by atoms with van der Waals surface area (Å²) >= 11 is 0. The van der Waals surface area contributed by atoms with Crippen LogP contribution in [0.4, 0.5) is 0 Å². The van der Waals surface area contributed by atoms with Gasteiger partial charge in [-0.15, -0.1) is 0 Å². The molecule has 17 heavy (non-hydrogen) atoms. The first-order valence-electron chi connectivity index (χ1n) is 5.55. The van der Waals surface area contributed by atoms with Crippen LogP contribution < -0.4 is 16.6 Å². The van der Waals surface area contributed by atoms with Gasteiger partial charge in [0, 0.05) is 45.6 Å². The van der Waals surface area contributed by atoms with Crippen LogP contribution in [0.15, 0.2) is 21.9 Å². The van der Waals surface area contributed by atoms with Crippen LogP contribution in [-0.2, 0) is 18.3 Å². The lowest BCUT2D eigenvalue weighted by molar-refractivity contribution is 0.171. The maximum atomic E-state index is 11.7. The highest BCUT2D eigenvalue weighted by molar-refractivity contribution is 4.85. The van der Waals surface area contributed by atoms with Crippen LogP contribution >= 0.6 is 0 Å². The van der Waals surface area contributed by atoms with Crippen molar-refractivity contribution in [2.75, 3.05) is 20.3 Å². The van der Waals surface area contributed by atoms with Crippen molar-refractivity contribution in [3.8, 4) is 0 Å². The van der Waals surface area contributed by atoms with Gasteiger partial charge in [-0.1, -0.05) is 0 Å². The average molecular weight is 241 g/mol. The van der Waals surface area contributed by atoms with E-state index in [2.05, 4.69) is 5.32 Å². The van der Waals surface area contributed by atoms with Gasteiger partial charge in [0.05, 0.1) is 6.61 Å². The molecule has 1 heterocycles. The number of aryl methyl sites for hydroxylation is 1. The molecule has 6 heteroatoms. The van der Waals surface area contributed by atoms with E-state index in [9.17, 15) is 9.59 Å². The standard InChI is InChI=1S/C11H19N3O3/c1-9(8-17-3)12-5-7-14-10(15)4-6-13(2)11(14)16/h4,6,9,12H,5,7-8H2,1-3H3. The molecule has 0 spiro atoms. The Labute approximate surface area is 99.8 Å². The van der Waals surface area contributed by atoms with E-state index in [-0.39, 0.29) is 17.3 Å². The summed E-state index contributed by atoms with van der Waals surface area (Å²) in [6.45, 7) is 3.50. The lowest BCUT2D eigenvalue weighted by Gasteiger charge is -2.13. The molecule has 0 saturated carbocycles. The van der Waals surface area contributed by atoms with Crippen LogP contribution in [0.3, 0.4) is 0 Å². The van der Waals surface area contributed by atoms with E-state index < -0.39 is 0 Å². The third-order valence-electron chi connectivity index (χ3n) is 2.48. The van der Waals surface area contributed by atoms with Crippen LogP contribution in [0, 0.1) is 0 Å². The average Bonchev–Trinajstić information content (AvgIpc) is 2.29. The normalized spacial score (nSPS) is 12.6. The molecular weight excluding hydrogens is 222 g/mol. The Balaban J connectivity index is 2.61. The molecule has 0 radical (unpaired) electrons. The molecule has 96 valence electrons. The van der Waals surface area contributed by atoms with Gasteiger partial charge in [0.25, 0.3) is 5.56 Å². The fraction of sp³-hybridized carbons (Fsp3) is 0.636. The van der Waals surface area contributed by atoms with Crippen molar-refractivity contribution in [2.45, 2.75) is 19.5 Å². The van der Waals surface area contributed by atoms with Gasteiger partial charge < -0.3 is 14.6 Å². The van der Waals surface area contributed by atoms with Gasteiger partial charge in [0.15, 0.2) is 0 Å². The van der Waals surface area contributed by atoms with Crippen molar-refractivity contribution < 1.29 is 4.74 Å². The van der Waals surface area contributed by atoms with Crippen LogP contribution in [0.5, 0.6) is 0 Å². The molecule has 0 bridgehead atoms. The third-order valence-corrected chi connectivity index (χ3v) is 2.48. The molecule has 6 nitrogen and oxygen atoms in total. The molecule has 0 aliphatic heterocycles. The zero-order valence-electron chi connectivity index (χ0n) is 10.5. The third kappa shape index (κ3) is 3.83. The summed E-state index contributed by atoms with van der Waals surface area (Å²) in [4.78, 5) is 23.2. The maximum absolute atomic E-state index is 11.7. The summed E-state index contributed by atoms with van der Waals surface area (Å²) in [7, 11) is 3.26. The monoisotopic (exact) mass is 241 g/mol. The van der Waals surface area contributed by atoms with Gasteiger partial charge in [-0.25, -0.2) is 4.79 Å². The molecule has 0 fully saturated rings. The van der Waals surface area contributed by atoms with Crippen molar-refractivity contribution in [3.05, 3.63) is 33.1 Å². The first-order valence-corrected chi connectivity index (χ1v) is 5.55. The second kappa shape index (κ2) is 6.36. The lowest BCUT2D eigenvalue weighted by Crippen LogP contribution is -2.42. The first-order chi connectivity index (χ1) is 8.06. The number of nitrogens with zero attached hydrogens (tertiary/aromatic N) is 2. The largest absolute Gasteiger partial charge is 0.383 e. The van der Waals surface area contributed by atoms with Gasteiger partial charge in [-0.2, -0.15) is 0 Å². The summed E-state index contributed by atoms with van der Waals surface area (Å²) in [6.07, 6.45) is 1.47. The maximum Gasteiger partial charge on any atom is 0.330 e. The van der Waals surface area contributed by atoms with Gasteiger partial charge >= 0.3 is 5.69 Å². The number of aromatic nitrogens is 2. The number of hydrogen-bond donors (Lipinski definition) is 1. The minimum atomic E-state index is -0.293. The molecule has 1 unspecified atom stereocenters. The van der Waals surface area contributed by atoms with Crippen molar-refractivity contribution >= 4 is 0 Å². The molecule has 0 aromatic carbocycles. The molecule has 0 aliphatic rings. The highest BCUT2D eigenvalue weighted by Crippen LogP contribution is 1.82. The van der Waals surface area contributed by atoms with Crippen molar-refractivity contribution in [1.29, 1.82) is 0 Å². The quantitative estimate of drug-likeness (QED) is 0.706. The first kappa shape index (κ1) is 13.7. The van der Waals surface area contributed by atoms with E-state index in [1.807, 2.05) is 6.92 Å². The fourth-order valence-corrected chi connectivity index (χ4v) is 1.55. The molecule has 1 N–H and O–H groups in total. The molecule has 0 amide bonds. The summed E-state index contributed by atoms with van der Waals surface area (Å²) in [5, 5.41) is 3.17. The number of nitrogens with one attached hydrogen (secondary N) is 1. The van der Waals surface area contributed by atoms with Crippen LogP contribution in [0.25, 0.3) is 0 Å². The molecule has 1 aromatic rings. The zero-order chi connectivity index (χ0) is 12.8. The minimum absolute atomic E-state index is 0.197. The topological polar surface area (TPSA) is 65.3 Å². The predicted octanol–water partition coefficient (Wildman–Crippen LogP) is -0.828. The SMILES string of the molecule is COCC(C)NCCn1c(=O)ccn(C)c1=O. The van der Waals surface area contributed by atoms with E-state index in [1.165, 1.54) is 21.4 Å². The lowest BCUT2D eigenvalue weighted by atomic mass is 10.3. The Kier molecular flexibility index (Phi) is 5.11. The molecule has 1 aromatic heterocycles. The van der Waals surface area contributed by atoms with Gasteiger partial charge in [0.2, 0.25) is 0 Å². The summed E-state index contributed by atoms with van der Waals surface area (Å²) in [5.41, 5.74) is -0.562. The Morgan fingerprint density at radius 2 is 2.18 bits per heavy atom.